The van der Waals surface area contributed by atoms with Crippen LogP contribution in [0.2, 0.25) is 0 Å². The molecule has 4 heteroatoms. The average Bonchev–Trinajstić information content (AvgIpc) is 2.37. The maximum atomic E-state index is 13.3. The van der Waals surface area contributed by atoms with E-state index < -0.39 is 0 Å². The van der Waals surface area contributed by atoms with Gasteiger partial charge in [-0.2, -0.15) is 0 Å². The lowest BCUT2D eigenvalue weighted by Gasteiger charge is -2.41. The van der Waals surface area contributed by atoms with E-state index >= 15 is 0 Å². The summed E-state index contributed by atoms with van der Waals surface area (Å²) < 4.78 is 24.6. The molecule has 2 unspecified atom stereocenters. The third kappa shape index (κ3) is 2.35. The van der Waals surface area contributed by atoms with E-state index in [0.717, 1.165) is 18.4 Å². The molecule has 0 radical (unpaired) electrons. The molecule has 2 rings (SSSR count). The van der Waals surface area contributed by atoms with Gasteiger partial charge in [0.2, 0.25) is 0 Å². The molecule has 2 atom stereocenters. The molecule has 100 valence electrons. The highest BCUT2D eigenvalue weighted by molar-refractivity contribution is 5.39. The van der Waals surface area contributed by atoms with Crippen LogP contribution >= 0.6 is 0 Å². The Hall–Kier alpha value is -1.13. The van der Waals surface area contributed by atoms with Crippen molar-refractivity contribution in [3.8, 4) is 5.75 Å². The molecular weight excluding hydrogens is 233 g/mol. The van der Waals surface area contributed by atoms with Crippen LogP contribution in [0.3, 0.4) is 0 Å². The summed E-state index contributed by atoms with van der Waals surface area (Å²) >= 11 is 0. The van der Waals surface area contributed by atoms with Crippen LogP contribution in [-0.2, 0) is 4.74 Å². The van der Waals surface area contributed by atoms with Gasteiger partial charge in [-0.25, -0.2) is 4.39 Å². The zero-order valence-electron chi connectivity index (χ0n) is 11.1. The average molecular weight is 253 g/mol. The monoisotopic (exact) mass is 253 g/mol. The van der Waals surface area contributed by atoms with Crippen LogP contribution in [0.25, 0.3) is 0 Å². The molecular formula is C14H20FNO2. The van der Waals surface area contributed by atoms with Gasteiger partial charge in [-0.05, 0) is 19.5 Å². The van der Waals surface area contributed by atoms with Gasteiger partial charge in [0.15, 0.2) is 0 Å². The van der Waals surface area contributed by atoms with E-state index in [1.54, 1.807) is 13.2 Å². The number of rotatable bonds is 4. The molecule has 0 fully saturated rings. The molecule has 1 heterocycles. The lowest BCUT2D eigenvalue weighted by Crippen LogP contribution is -2.46. The second-order valence-electron chi connectivity index (χ2n) is 4.80. The van der Waals surface area contributed by atoms with Crippen molar-refractivity contribution in [1.82, 2.24) is 5.32 Å². The normalized spacial score (nSPS) is 26.6. The third-order valence-corrected chi connectivity index (χ3v) is 3.65. The Balaban J connectivity index is 2.39. The fourth-order valence-electron chi connectivity index (χ4n) is 2.57. The van der Waals surface area contributed by atoms with Gasteiger partial charge in [-0.15, -0.1) is 0 Å². The standard InChI is InChI=1S/C14H20FNO2/c1-4-14(9-17-3)8-12(16-2)11-6-5-10(15)7-13(11)18-14/h5-7,12,16H,4,8-9H2,1-3H3. The minimum absolute atomic E-state index is 0.171. The Labute approximate surface area is 107 Å². The van der Waals surface area contributed by atoms with Crippen molar-refractivity contribution < 1.29 is 13.9 Å². The first-order chi connectivity index (χ1) is 8.64. The van der Waals surface area contributed by atoms with E-state index in [1.165, 1.54) is 12.1 Å². The van der Waals surface area contributed by atoms with E-state index in [0.29, 0.717) is 12.4 Å². The van der Waals surface area contributed by atoms with Crippen molar-refractivity contribution >= 4 is 0 Å². The molecule has 0 amide bonds. The number of nitrogens with one attached hydrogen (secondary N) is 1. The quantitative estimate of drug-likeness (QED) is 0.895. The Morgan fingerprint density at radius 2 is 2.33 bits per heavy atom. The highest BCUT2D eigenvalue weighted by Gasteiger charge is 2.39. The fraction of sp³-hybridized carbons (Fsp3) is 0.571. The first-order valence-electron chi connectivity index (χ1n) is 6.29. The van der Waals surface area contributed by atoms with Crippen LogP contribution in [-0.4, -0.2) is 26.4 Å². The number of halogens is 1. The highest BCUT2D eigenvalue weighted by Crippen LogP contribution is 2.41. The van der Waals surface area contributed by atoms with Crippen molar-refractivity contribution in [3.05, 3.63) is 29.6 Å². The van der Waals surface area contributed by atoms with Crippen LogP contribution in [0.5, 0.6) is 5.75 Å². The molecule has 1 aromatic rings. The van der Waals surface area contributed by atoms with Gasteiger partial charge < -0.3 is 14.8 Å². The van der Waals surface area contributed by atoms with Gasteiger partial charge in [-0.1, -0.05) is 13.0 Å². The number of hydrogen-bond donors (Lipinski definition) is 1. The van der Waals surface area contributed by atoms with Gasteiger partial charge in [0.25, 0.3) is 0 Å². The Kier molecular flexibility index (Phi) is 3.88. The lowest BCUT2D eigenvalue weighted by atomic mass is 9.86. The van der Waals surface area contributed by atoms with Gasteiger partial charge >= 0.3 is 0 Å². The summed E-state index contributed by atoms with van der Waals surface area (Å²) in [6.07, 6.45) is 1.65. The zero-order valence-corrected chi connectivity index (χ0v) is 11.1. The maximum absolute atomic E-state index is 13.3. The molecule has 1 aliphatic heterocycles. The van der Waals surface area contributed by atoms with Crippen LogP contribution in [0.1, 0.15) is 31.4 Å². The minimum atomic E-state index is -0.372. The van der Waals surface area contributed by atoms with Crippen LogP contribution < -0.4 is 10.1 Å². The van der Waals surface area contributed by atoms with Crippen LogP contribution in [0.4, 0.5) is 4.39 Å². The van der Waals surface area contributed by atoms with Gasteiger partial charge in [-0.3, -0.25) is 0 Å². The zero-order chi connectivity index (χ0) is 13.2. The van der Waals surface area contributed by atoms with Crippen molar-refractivity contribution in [1.29, 1.82) is 0 Å². The van der Waals surface area contributed by atoms with E-state index in [-0.39, 0.29) is 17.5 Å². The Bertz CT molecular complexity index is 424. The summed E-state index contributed by atoms with van der Waals surface area (Å²) in [5, 5.41) is 3.27. The van der Waals surface area contributed by atoms with Crippen molar-refractivity contribution in [2.75, 3.05) is 20.8 Å². The third-order valence-electron chi connectivity index (χ3n) is 3.65. The van der Waals surface area contributed by atoms with Crippen molar-refractivity contribution in [2.24, 2.45) is 0 Å². The summed E-state index contributed by atoms with van der Waals surface area (Å²) in [7, 11) is 3.58. The summed E-state index contributed by atoms with van der Waals surface area (Å²) in [6.45, 7) is 2.58. The molecule has 1 N–H and O–H groups in total. The van der Waals surface area contributed by atoms with Crippen molar-refractivity contribution in [3.63, 3.8) is 0 Å². The van der Waals surface area contributed by atoms with Crippen molar-refractivity contribution in [2.45, 2.75) is 31.4 Å². The van der Waals surface area contributed by atoms with Crippen LogP contribution in [0, 0.1) is 5.82 Å². The molecule has 0 aromatic heterocycles. The lowest BCUT2D eigenvalue weighted by molar-refractivity contribution is -0.0366. The van der Waals surface area contributed by atoms with E-state index in [1.807, 2.05) is 7.05 Å². The summed E-state index contributed by atoms with van der Waals surface area (Å²) in [6, 6.07) is 4.89. The summed E-state index contributed by atoms with van der Waals surface area (Å²) in [5.74, 6) is 0.354. The first kappa shape index (κ1) is 13.3. The van der Waals surface area contributed by atoms with Crippen LogP contribution in [0.15, 0.2) is 18.2 Å². The minimum Gasteiger partial charge on any atom is -0.484 e. The number of fused-ring (bicyclic) bond motifs is 1. The molecule has 1 aromatic carbocycles. The largest absolute Gasteiger partial charge is 0.484 e. The highest BCUT2D eigenvalue weighted by atomic mass is 19.1. The van der Waals surface area contributed by atoms with E-state index in [9.17, 15) is 4.39 Å². The summed E-state index contributed by atoms with van der Waals surface area (Å²) in [5.41, 5.74) is 0.641. The topological polar surface area (TPSA) is 30.5 Å². The predicted octanol–water partition coefficient (Wildman–Crippen LogP) is 2.66. The molecule has 0 saturated carbocycles. The SMILES string of the molecule is CCC1(COC)CC(NC)c2ccc(F)cc2O1. The number of benzene rings is 1. The second-order valence-corrected chi connectivity index (χ2v) is 4.80. The summed E-state index contributed by atoms with van der Waals surface area (Å²) in [4.78, 5) is 0. The molecule has 0 bridgehead atoms. The van der Waals surface area contributed by atoms with Gasteiger partial charge in [0, 0.05) is 31.2 Å². The molecule has 0 spiro atoms. The van der Waals surface area contributed by atoms with Gasteiger partial charge in [0.1, 0.15) is 17.2 Å². The Morgan fingerprint density at radius 3 is 2.94 bits per heavy atom. The Morgan fingerprint density at radius 1 is 1.56 bits per heavy atom. The molecule has 0 aliphatic carbocycles. The first-order valence-corrected chi connectivity index (χ1v) is 6.29. The number of methoxy groups -OCH3 is 1. The number of hydrogen-bond acceptors (Lipinski definition) is 3. The van der Waals surface area contributed by atoms with E-state index in [4.69, 9.17) is 9.47 Å². The fourth-order valence-corrected chi connectivity index (χ4v) is 2.57. The predicted molar refractivity (Wildman–Crippen MR) is 68.3 cm³/mol. The molecule has 0 saturated heterocycles. The molecule has 1 aliphatic rings. The van der Waals surface area contributed by atoms with E-state index in [2.05, 4.69) is 12.2 Å². The smallest absolute Gasteiger partial charge is 0.134 e. The molecule has 18 heavy (non-hydrogen) atoms. The second kappa shape index (κ2) is 5.24. The molecule has 3 nitrogen and oxygen atoms in total. The maximum Gasteiger partial charge on any atom is 0.134 e. The number of ether oxygens (including phenoxy) is 2. The van der Waals surface area contributed by atoms with Gasteiger partial charge in [0.05, 0.1) is 6.61 Å².